The van der Waals surface area contributed by atoms with Crippen molar-refractivity contribution in [2.24, 2.45) is 0 Å². The van der Waals surface area contributed by atoms with E-state index in [1.807, 2.05) is 17.7 Å². The van der Waals surface area contributed by atoms with E-state index in [1.165, 1.54) is 18.2 Å². The van der Waals surface area contributed by atoms with Gasteiger partial charge in [-0.05, 0) is 37.3 Å². The molecule has 0 spiro atoms. The number of hydrogen-bond donors (Lipinski definition) is 1. The third-order valence-electron chi connectivity index (χ3n) is 3.40. The zero-order valence-electron chi connectivity index (χ0n) is 12.1. The van der Waals surface area contributed by atoms with Crippen LogP contribution in [0.25, 0.3) is 10.9 Å². The number of rotatable bonds is 4. The Balaban J connectivity index is 1.99. The maximum Gasteiger partial charge on any atom is 0.263 e. The van der Waals surface area contributed by atoms with E-state index in [2.05, 4.69) is 9.82 Å². The third kappa shape index (κ3) is 3.02. The lowest BCUT2D eigenvalue weighted by atomic mass is 10.2. The monoisotopic (exact) mass is 369 g/mol. The summed E-state index contributed by atoms with van der Waals surface area (Å²) < 4.78 is 29.3. The topological polar surface area (TPSA) is 64.0 Å². The van der Waals surface area contributed by atoms with Crippen molar-refractivity contribution in [1.82, 2.24) is 9.78 Å². The number of hydrogen-bond acceptors (Lipinski definition) is 3. The highest BCUT2D eigenvalue weighted by Gasteiger charge is 2.19. The van der Waals surface area contributed by atoms with Crippen molar-refractivity contribution in [2.45, 2.75) is 18.4 Å². The molecule has 2 aromatic carbocycles. The van der Waals surface area contributed by atoms with Crippen molar-refractivity contribution in [3.63, 3.8) is 0 Å². The van der Waals surface area contributed by atoms with E-state index in [-0.39, 0.29) is 14.9 Å². The average molecular weight is 370 g/mol. The molecule has 0 saturated heterocycles. The van der Waals surface area contributed by atoms with Crippen LogP contribution in [0.4, 0.5) is 5.69 Å². The summed E-state index contributed by atoms with van der Waals surface area (Å²) in [6.45, 7) is 2.73. The lowest BCUT2D eigenvalue weighted by molar-refractivity contribution is 0.601. The second-order valence-electron chi connectivity index (χ2n) is 4.89. The second-order valence-corrected chi connectivity index (χ2v) is 7.33. The van der Waals surface area contributed by atoms with Crippen molar-refractivity contribution < 1.29 is 8.42 Å². The van der Waals surface area contributed by atoms with E-state index in [4.69, 9.17) is 23.2 Å². The molecule has 0 amide bonds. The quantitative estimate of drug-likeness (QED) is 0.750. The second kappa shape index (κ2) is 6.03. The molecular formula is C15H13Cl2N3O2S. The molecule has 0 atom stereocenters. The minimum Gasteiger partial charge on any atom is -0.280 e. The maximum atomic E-state index is 12.5. The summed E-state index contributed by atoms with van der Waals surface area (Å²) in [4.78, 5) is -0.0592. The molecule has 1 aromatic heterocycles. The molecule has 0 fully saturated rings. The zero-order valence-corrected chi connectivity index (χ0v) is 14.5. The van der Waals surface area contributed by atoms with Crippen molar-refractivity contribution in [3.05, 3.63) is 52.6 Å². The number of benzene rings is 2. The summed E-state index contributed by atoms with van der Waals surface area (Å²) in [5.41, 5.74) is 1.38. The predicted octanol–water partition coefficient (Wildman–Crippen LogP) is 4.16. The molecule has 3 aromatic rings. The third-order valence-corrected chi connectivity index (χ3v) is 5.75. The Kier molecular flexibility index (Phi) is 4.23. The van der Waals surface area contributed by atoms with Gasteiger partial charge >= 0.3 is 0 Å². The molecule has 1 heterocycles. The Hall–Kier alpha value is -1.76. The van der Waals surface area contributed by atoms with Gasteiger partial charge in [0, 0.05) is 17.6 Å². The standard InChI is InChI=1S/C15H13Cl2N3O2S/c1-2-20-13-7-6-11(8-10(13)9-18-20)19-23(21,22)14-5-3-4-12(16)15(14)17/h3-9,19H,2H2,1H3. The van der Waals surface area contributed by atoms with Crippen LogP contribution in [0.3, 0.4) is 0 Å². The number of halogens is 2. The van der Waals surface area contributed by atoms with Crippen LogP contribution in [0.2, 0.25) is 10.0 Å². The van der Waals surface area contributed by atoms with Gasteiger partial charge in [0.25, 0.3) is 10.0 Å². The van der Waals surface area contributed by atoms with Gasteiger partial charge in [0.05, 0.1) is 21.8 Å². The molecule has 0 unspecified atom stereocenters. The SMILES string of the molecule is CCn1ncc2cc(NS(=O)(=O)c3cccc(Cl)c3Cl)ccc21. The van der Waals surface area contributed by atoms with Crippen LogP contribution < -0.4 is 4.72 Å². The number of sulfonamides is 1. The van der Waals surface area contributed by atoms with Crippen LogP contribution in [0.1, 0.15) is 6.92 Å². The molecule has 0 aliphatic carbocycles. The Bertz CT molecular complexity index is 984. The van der Waals surface area contributed by atoms with Crippen molar-refractivity contribution in [2.75, 3.05) is 4.72 Å². The summed E-state index contributed by atoms with van der Waals surface area (Å²) in [5, 5.41) is 5.28. The first kappa shape index (κ1) is 16.1. The molecule has 0 aliphatic heterocycles. The fourth-order valence-electron chi connectivity index (χ4n) is 2.30. The summed E-state index contributed by atoms with van der Waals surface area (Å²) in [5.74, 6) is 0. The number of aryl methyl sites for hydroxylation is 1. The minimum atomic E-state index is -3.83. The molecule has 0 bridgehead atoms. The van der Waals surface area contributed by atoms with Gasteiger partial charge in [0.2, 0.25) is 0 Å². The van der Waals surface area contributed by atoms with E-state index in [9.17, 15) is 8.42 Å². The highest BCUT2D eigenvalue weighted by atomic mass is 35.5. The number of anilines is 1. The van der Waals surface area contributed by atoms with E-state index in [1.54, 1.807) is 18.3 Å². The highest BCUT2D eigenvalue weighted by Crippen LogP contribution is 2.30. The van der Waals surface area contributed by atoms with Gasteiger partial charge < -0.3 is 0 Å². The molecule has 0 saturated carbocycles. The Morgan fingerprint density at radius 2 is 2.00 bits per heavy atom. The van der Waals surface area contributed by atoms with Crippen LogP contribution in [0.15, 0.2) is 47.5 Å². The molecular weight excluding hydrogens is 357 g/mol. The molecule has 3 rings (SSSR count). The first-order valence-corrected chi connectivity index (χ1v) is 9.08. The highest BCUT2D eigenvalue weighted by molar-refractivity contribution is 7.92. The molecule has 0 radical (unpaired) electrons. The van der Waals surface area contributed by atoms with Gasteiger partial charge in [0.15, 0.2) is 0 Å². The van der Waals surface area contributed by atoms with Gasteiger partial charge in [-0.15, -0.1) is 0 Å². The largest absolute Gasteiger partial charge is 0.280 e. The lowest BCUT2D eigenvalue weighted by Gasteiger charge is -2.10. The number of fused-ring (bicyclic) bond motifs is 1. The summed E-state index contributed by atoms with van der Waals surface area (Å²) in [6.07, 6.45) is 1.70. The van der Waals surface area contributed by atoms with Gasteiger partial charge in [-0.25, -0.2) is 8.42 Å². The molecule has 8 heteroatoms. The number of aromatic nitrogens is 2. The molecule has 5 nitrogen and oxygen atoms in total. The van der Waals surface area contributed by atoms with E-state index < -0.39 is 10.0 Å². The normalized spacial score (nSPS) is 11.8. The van der Waals surface area contributed by atoms with Gasteiger partial charge in [0.1, 0.15) is 4.90 Å². The lowest BCUT2D eigenvalue weighted by Crippen LogP contribution is -2.13. The predicted molar refractivity (Wildman–Crippen MR) is 92.7 cm³/mol. The maximum absolute atomic E-state index is 12.5. The molecule has 0 aliphatic rings. The van der Waals surface area contributed by atoms with Crippen molar-refractivity contribution in [1.29, 1.82) is 0 Å². The zero-order chi connectivity index (χ0) is 16.6. The Morgan fingerprint density at radius 3 is 2.74 bits per heavy atom. The minimum absolute atomic E-state index is 0.00143. The van der Waals surface area contributed by atoms with Crippen molar-refractivity contribution >= 4 is 49.8 Å². The molecule has 1 N–H and O–H groups in total. The van der Waals surface area contributed by atoms with Gasteiger partial charge in [-0.2, -0.15) is 5.10 Å². The van der Waals surface area contributed by atoms with Crippen molar-refractivity contribution in [3.8, 4) is 0 Å². The smallest absolute Gasteiger partial charge is 0.263 e. The fraction of sp³-hybridized carbons (Fsp3) is 0.133. The van der Waals surface area contributed by atoms with E-state index >= 15 is 0 Å². The summed E-state index contributed by atoms with van der Waals surface area (Å²) in [7, 11) is -3.83. The van der Waals surface area contributed by atoms with E-state index in [0.29, 0.717) is 5.69 Å². The van der Waals surface area contributed by atoms with E-state index in [0.717, 1.165) is 17.4 Å². The van der Waals surface area contributed by atoms with Gasteiger partial charge in [-0.3, -0.25) is 9.40 Å². The van der Waals surface area contributed by atoms with Crippen LogP contribution in [0, 0.1) is 0 Å². The Morgan fingerprint density at radius 1 is 1.22 bits per heavy atom. The Labute approximate surface area is 143 Å². The number of nitrogens with one attached hydrogen (secondary N) is 1. The number of nitrogens with zero attached hydrogens (tertiary/aromatic N) is 2. The van der Waals surface area contributed by atoms with Crippen LogP contribution in [0.5, 0.6) is 0 Å². The van der Waals surface area contributed by atoms with Crippen LogP contribution >= 0.6 is 23.2 Å². The summed E-state index contributed by atoms with van der Waals surface area (Å²) in [6, 6.07) is 9.72. The average Bonchev–Trinajstić information content (AvgIpc) is 2.91. The first-order valence-electron chi connectivity index (χ1n) is 6.85. The molecule has 23 heavy (non-hydrogen) atoms. The molecule has 120 valence electrons. The first-order chi connectivity index (χ1) is 10.9. The van der Waals surface area contributed by atoms with Gasteiger partial charge in [-0.1, -0.05) is 29.3 Å². The fourth-order valence-corrected chi connectivity index (χ4v) is 4.12. The van der Waals surface area contributed by atoms with Crippen LogP contribution in [-0.2, 0) is 16.6 Å². The summed E-state index contributed by atoms with van der Waals surface area (Å²) >= 11 is 11.9. The van der Waals surface area contributed by atoms with Crippen LogP contribution in [-0.4, -0.2) is 18.2 Å².